The van der Waals surface area contributed by atoms with Gasteiger partial charge in [-0.1, -0.05) is 144 Å². The summed E-state index contributed by atoms with van der Waals surface area (Å²) in [6.45, 7) is 55.2. The van der Waals surface area contributed by atoms with Crippen molar-refractivity contribution in [3.63, 3.8) is 0 Å². The Labute approximate surface area is 314 Å². The average molecular weight is 699 g/mol. The van der Waals surface area contributed by atoms with E-state index in [2.05, 4.69) is 120 Å². The second kappa shape index (κ2) is 111. The van der Waals surface area contributed by atoms with Crippen molar-refractivity contribution < 1.29 is 14.2 Å². The Morgan fingerprint density at radius 3 is 0.490 bits per heavy atom. The van der Waals surface area contributed by atoms with Crippen molar-refractivity contribution in [2.24, 2.45) is 0 Å². The lowest BCUT2D eigenvalue weighted by Crippen LogP contribution is -1.96. The molecule has 0 aromatic rings. The van der Waals surface area contributed by atoms with Crippen LogP contribution in [0, 0.1) is 0 Å². The zero-order chi connectivity index (χ0) is 39.9. The molecule has 0 unspecified atom stereocenters. The maximum absolute atomic E-state index is 5.52. The number of hydrogen-bond acceptors (Lipinski definition) is 3. The summed E-state index contributed by atoms with van der Waals surface area (Å²) < 4.78 is 16.5. The molecule has 300 valence electrons. The highest BCUT2D eigenvalue weighted by Gasteiger charge is 1.92. The average Bonchev–Trinajstić information content (AvgIpc) is 3.18. The van der Waals surface area contributed by atoms with Gasteiger partial charge < -0.3 is 14.2 Å². The van der Waals surface area contributed by atoms with Crippen LogP contribution in [0.25, 0.3) is 0 Å². The Balaban J connectivity index is -0.0000000604. The van der Waals surface area contributed by atoms with E-state index in [-0.39, 0.29) is 0 Å². The molecule has 0 N–H and O–H groups in total. The fourth-order valence-electron chi connectivity index (χ4n) is 3.74. The third-order valence-corrected chi connectivity index (χ3v) is 6.35. The Morgan fingerprint density at radius 1 is 0.204 bits per heavy atom. The molecule has 0 saturated heterocycles. The van der Waals surface area contributed by atoms with Gasteiger partial charge in [0.1, 0.15) is 0 Å². The lowest BCUT2D eigenvalue weighted by molar-refractivity contribution is 0.126. The van der Waals surface area contributed by atoms with E-state index in [1.54, 1.807) is 0 Å². The van der Waals surface area contributed by atoms with Gasteiger partial charge in [-0.05, 0) is 38.5 Å². The molecule has 0 saturated carbocycles. The van der Waals surface area contributed by atoms with Gasteiger partial charge in [0.25, 0.3) is 0 Å². The molecule has 3 nitrogen and oxygen atoms in total. The highest BCUT2D eigenvalue weighted by Crippen LogP contribution is 2.04. The molecule has 3 heteroatoms. The smallest absolute Gasteiger partial charge is 0.0466 e. The molecule has 0 atom stereocenters. The molecule has 0 fully saturated rings. The largest absolute Gasteiger partial charge is 0.381 e. The molecular weight excluding hydrogens is 601 g/mol. The maximum atomic E-state index is 5.52. The minimum absolute atomic E-state index is 0.970. The highest BCUT2D eigenvalue weighted by atomic mass is 16.5. The first-order valence-electron chi connectivity index (χ1n) is 20.0. The Hall–Kier alpha value is -1.68. The summed E-state index contributed by atoms with van der Waals surface area (Å²) in [7, 11) is 0. The minimum atomic E-state index is 0.970. The van der Waals surface area contributed by atoms with Crippen molar-refractivity contribution >= 4 is 0 Å². The first-order valence-corrected chi connectivity index (χ1v) is 20.0. The molecule has 0 aliphatic rings. The molecule has 0 aromatic carbocycles. The van der Waals surface area contributed by atoms with Gasteiger partial charge in [-0.25, -0.2) is 0 Å². The van der Waals surface area contributed by atoms with E-state index in [1.165, 1.54) is 141 Å². The van der Waals surface area contributed by atoms with Crippen LogP contribution in [0.1, 0.15) is 183 Å². The van der Waals surface area contributed by atoms with Crippen molar-refractivity contribution in [1.29, 1.82) is 0 Å². The predicted molar refractivity (Wildman–Crippen MR) is 236 cm³/mol. The summed E-state index contributed by atoms with van der Waals surface area (Å²) in [6, 6.07) is 0. The Bertz CT molecular complexity index is 336. The highest BCUT2D eigenvalue weighted by molar-refractivity contribution is 4.44. The Kier molecular flexibility index (Phi) is 156. The van der Waals surface area contributed by atoms with E-state index in [4.69, 9.17) is 14.2 Å². The molecular formula is C46H98O3. The van der Waals surface area contributed by atoms with E-state index in [1.807, 2.05) is 0 Å². The zero-order valence-corrected chi connectivity index (χ0v) is 35.5. The predicted octanol–water partition coefficient (Wildman–Crippen LogP) is 16.5. The van der Waals surface area contributed by atoms with Gasteiger partial charge >= 0.3 is 0 Å². The van der Waals surface area contributed by atoms with Crippen LogP contribution in [-0.2, 0) is 14.2 Å². The summed E-state index contributed by atoms with van der Waals surface area (Å²) >= 11 is 0. The van der Waals surface area contributed by atoms with Gasteiger partial charge in [0.05, 0.1) is 0 Å². The second-order valence-corrected chi connectivity index (χ2v) is 10.5. The molecule has 0 radical (unpaired) electrons. The van der Waals surface area contributed by atoms with Crippen LogP contribution < -0.4 is 0 Å². The third-order valence-electron chi connectivity index (χ3n) is 6.35. The number of hydrogen-bond donors (Lipinski definition) is 0. The fourth-order valence-corrected chi connectivity index (χ4v) is 3.74. The van der Waals surface area contributed by atoms with E-state index in [9.17, 15) is 0 Å². The third kappa shape index (κ3) is 131. The monoisotopic (exact) mass is 699 g/mol. The standard InChI is InChI=1S/2C12H26O.C10H22O.6C2H4/c2*1-3-5-7-8-10-12-13-11-9-6-4-2;1-3-5-7-9-11-10-8-6-4-2;6*1-2/h2*3-12H2,1-2H3;3-10H2,1-2H3;6*1-2H2. The van der Waals surface area contributed by atoms with Gasteiger partial charge in [-0.15, -0.1) is 78.9 Å². The van der Waals surface area contributed by atoms with Crippen LogP contribution >= 0.6 is 0 Å². The molecule has 0 heterocycles. The number of ether oxygens (including phenoxy) is 3. The summed E-state index contributed by atoms with van der Waals surface area (Å²) in [5.41, 5.74) is 0. The van der Waals surface area contributed by atoms with Gasteiger partial charge in [-0.3, -0.25) is 0 Å². The van der Waals surface area contributed by atoms with Crippen molar-refractivity contribution in [2.75, 3.05) is 39.6 Å². The molecule has 0 rings (SSSR count). The Morgan fingerprint density at radius 2 is 0.327 bits per heavy atom. The zero-order valence-electron chi connectivity index (χ0n) is 35.5. The van der Waals surface area contributed by atoms with Crippen molar-refractivity contribution in [1.82, 2.24) is 0 Å². The van der Waals surface area contributed by atoms with Crippen LogP contribution in [0.3, 0.4) is 0 Å². The number of unbranched alkanes of at least 4 members (excludes halogenated alkanes) is 16. The molecule has 0 aliphatic heterocycles. The van der Waals surface area contributed by atoms with E-state index < -0.39 is 0 Å². The molecule has 49 heavy (non-hydrogen) atoms. The maximum Gasteiger partial charge on any atom is 0.0466 e. The SMILES string of the molecule is C=C.C=C.C=C.C=C.C=C.C=C.CCCCCCCOCCCCC.CCCCCCCOCCCCC.CCCCCOCCCCC. The van der Waals surface area contributed by atoms with Crippen molar-refractivity contribution in [2.45, 2.75) is 183 Å². The number of rotatable bonds is 28. The van der Waals surface area contributed by atoms with Crippen LogP contribution in [0.2, 0.25) is 0 Å². The first kappa shape index (κ1) is 69.1. The fraction of sp³-hybridized carbons (Fsp3) is 0.739. The van der Waals surface area contributed by atoms with Crippen molar-refractivity contribution in [3.8, 4) is 0 Å². The van der Waals surface area contributed by atoms with Gasteiger partial charge in [-0.2, -0.15) is 0 Å². The first-order chi connectivity index (χ1) is 24.2. The van der Waals surface area contributed by atoms with Crippen LogP contribution in [0.4, 0.5) is 0 Å². The van der Waals surface area contributed by atoms with E-state index >= 15 is 0 Å². The minimum Gasteiger partial charge on any atom is -0.381 e. The summed E-state index contributed by atoms with van der Waals surface area (Å²) in [5, 5.41) is 0. The van der Waals surface area contributed by atoms with Gasteiger partial charge in [0.15, 0.2) is 0 Å². The quantitative estimate of drug-likeness (QED) is 0.0601. The van der Waals surface area contributed by atoms with Crippen LogP contribution in [-0.4, -0.2) is 39.6 Å². The van der Waals surface area contributed by atoms with Crippen LogP contribution in [0.15, 0.2) is 78.9 Å². The normalized spacial score (nSPS) is 8.45. The molecule has 0 amide bonds. The van der Waals surface area contributed by atoms with Crippen molar-refractivity contribution in [3.05, 3.63) is 78.9 Å². The summed E-state index contributed by atoms with van der Waals surface area (Å²) in [5.74, 6) is 0. The molecule has 0 aliphatic carbocycles. The van der Waals surface area contributed by atoms with Crippen LogP contribution in [0.5, 0.6) is 0 Å². The summed E-state index contributed by atoms with van der Waals surface area (Å²) in [6.07, 6.45) is 28.8. The van der Waals surface area contributed by atoms with Gasteiger partial charge in [0.2, 0.25) is 0 Å². The van der Waals surface area contributed by atoms with E-state index in [0.717, 1.165) is 39.6 Å². The topological polar surface area (TPSA) is 27.7 Å². The molecule has 0 bridgehead atoms. The van der Waals surface area contributed by atoms with E-state index in [0.29, 0.717) is 0 Å². The molecule has 0 aromatic heterocycles. The summed E-state index contributed by atoms with van der Waals surface area (Å²) in [4.78, 5) is 0. The molecule has 0 spiro atoms. The van der Waals surface area contributed by atoms with Gasteiger partial charge in [0, 0.05) is 39.6 Å². The second-order valence-electron chi connectivity index (χ2n) is 10.5. The lowest BCUT2D eigenvalue weighted by Gasteiger charge is -2.03. The lowest BCUT2D eigenvalue weighted by atomic mass is 10.2.